The Balaban J connectivity index is 0.788. The van der Waals surface area contributed by atoms with Crippen molar-refractivity contribution < 1.29 is 38.1 Å². The number of esters is 2. The molecular formula is C45H54N2O8. The minimum Gasteiger partial charge on any atom is -0.493 e. The van der Waals surface area contributed by atoms with Gasteiger partial charge in [-0.2, -0.15) is 0 Å². The second kappa shape index (κ2) is 15.7. The minimum absolute atomic E-state index is 0.0676. The zero-order chi connectivity index (χ0) is 38.2. The summed E-state index contributed by atoms with van der Waals surface area (Å²) >= 11 is 0. The smallest absolute Gasteiger partial charge is 0.325 e. The van der Waals surface area contributed by atoms with Crippen molar-refractivity contribution in [3.05, 3.63) is 59.7 Å². The lowest BCUT2D eigenvalue weighted by Gasteiger charge is -2.57. The summed E-state index contributed by atoms with van der Waals surface area (Å²) in [5, 5.41) is 7.15. The van der Waals surface area contributed by atoms with E-state index in [9.17, 15) is 19.2 Å². The van der Waals surface area contributed by atoms with Crippen LogP contribution in [-0.4, -0.2) is 61.9 Å². The van der Waals surface area contributed by atoms with E-state index < -0.39 is 0 Å². The fourth-order valence-electron chi connectivity index (χ4n) is 11.9. The molecular weight excluding hydrogens is 697 g/mol. The lowest BCUT2D eigenvalue weighted by Crippen LogP contribution is -2.59. The first-order chi connectivity index (χ1) is 26.5. The largest absolute Gasteiger partial charge is 0.493 e. The van der Waals surface area contributed by atoms with Crippen LogP contribution in [0.5, 0.6) is 23.0 Å². The van der Waals surface area contributed by atoms with Crippen LogP contribution in [0, 0.1) is 35.5 Å². The molecule has 0 atom stereocenters. The highest BCUT2D eigenvalue weighted by atomic mass is 16.6. The second-order valence-electron chi connectivity index (χ2n) is 17.6. The Kier molecular flexibility index (Phi) is 10.7. The van der Waals surface area contributed by atoms with Crippen LogP contribution in [0.3, 0.4) is 0 Å². The third kappa shape index (κ3) is 8.76. The molecule has 0 amide bonds. The van der Waals surface area contributed by atoms with Crippen molar-refractivity contribution in [1.29, 1.82) is 0 Å². The number of rotatable bonds is 16. The number of carbonyl (C=O) groups is 4. The second-order valence-corrected chi connectivity index (χ2v) is 17.6. The molecule has 8 aliphatic rings. The molecule has 10 nitrogen and oxygen atoms in total. The van der Waals surface area contributed by atoms with E-state index >= 15 is 0 Å². The standard InChI is InChI=1S/C45H54N2O8/c1-52-40-17-28(5-9-38(40)54-42(50)26-46-44-20-30-11-31(21-44)13-32(12-30)22-44)3-7-36(48)19-37(49)8-4-29-6-10-39(41(18-29)53-2)55-43(51)27-47-45-23-33-14-34(24-45)16-35(15-33)25-45/h3-10,17-18,30-35,46-47H,11-16,19-27H2,1-2H3/b7-3+,8-4+. The van der Waals surface area contributed by atoms with Crippen molar-refractivity contribution in [2.45, 2.75) is 94.5 Å². The van der Waals surface area contributed by atoms with Gasteiger partial charge in [0.2, 0.25) is 0 Å². The number of benzene rings is 2. The Labute approximate surface area is 323 Å². The van der Waals surface area contributed by atoms with E-state index in [-0.39, 0.29) is 54.1 Å². The topological polar surface area (TPSA) is 129 Å². The number of carbonyl (C=O) groups excluding carboxylic acids is 4. The summed E-state index contributed by atoms with van der Waals surface area (Å²) < 4.78 is 22.3. The quantitative estimate of drug-likeness (QED) is 0.0811. The average molecular weight is 751 g/mol. The number of hydrogen-bond acceptors (Lipinski definition) is 10. The van der Waals surface area contributed by atoms with Crippen LogP contribution >= 0.6 is 0 Å². The Morgan fingerprint density at radius 3 is 1.24 bits per heavy atom. The molecule has 0 aliphatic heterocycles. The van der Waals surface area contributed by atoms with Gasteiger partial charge in [-0.1, -0.05) is 24.3 Å². The van der Waals surface area contributed by atoms with Crippen molar-refractivity contribution in [1.82, 2.24) is 10.6 Å². The molecule has 2 N–H and O–H groups in total. The molecule has 0 spiro atoms. The van der Waals surface area contributed by atoms with Gasteiger partial charge in [-0.15, -0.1) is 0 Å². The van der Waals surface area contributed by atoms with E-state index in [4.69, 9.17) is 18.9 Å². The fraction of sp³-hybridized carbons (Fsp3) is 0.556. The third-order valence-corrected chi connectivity index (χ3v) is 13.4. The maximum atomic E-state index is 12.8. The van der Waals surface area contributed by atoms with Crippen molar-refractivity contribution in [3.8, 4) is 23.0 Å². The maximum Gasteiger partial charge on any atom is 0.325 e. The predicted molar refractivity (Wildman–Crippen MR) is 208 cm³/mol. The lowest BCUT2D eigenvalue weighted by atomic mass is 9.53. The number of allylic oxidation sites excluding steroid dienone is 2. The first-order valence-corrected chi connectivity index (χ1v) is 20.2. The minimum atomic E-state index is -0.359. The molecule has 55 heavy (non-hydrogen) atoms. The molecule has 8 aliphatic carbocycles. The summed E-state index contributed by atoms with van der Waals surface area (Å²) in [5.41, 5.74) is 1.46. The number of nitrogens with one attached hydrogen (secondary N) is 2. The van der Waals surface area contributed by atoms with Crippen molar-refractivity contribution in [2.24, 2.45) is 35.5 Å². The molecule has 8 bridgehead atoms. The molecule has 0 heterocycles. The zero-order valence-corrected chi connectivity index (χ0v) is 32.1. The monoisotopic (exact) mass is 750 g/mol. The van der Waals surface area contributed by atoms with E-state index in [0.717, 1.165) is 74.0 Å². The van der Waals surface area contributed by atoms with E-state index in [2.05, 4.69) is 10.6 Å². The summed E-state index contributed by atoms with van der Waals surface area (Å²) in [6.45, 7) is 0.308. The van der Waals surface area contributed by atoms with Gasteiger partial charge in [0.1, 0.15) is 0 Å². The van der Waals surface area contributed by atoms with Gasteiger partial charge in [-0.05, 0) is 160 Å². The number of hydrogen-bond donors (Lipinski definition) is 2. The molecule has 0 radical (unpaired) electrons. The van der Waals surface area contributed by atoms with Crippen LogP contribution in [0.15, 0.2) is 48.6 Å². The van der Waals surface area contributed by atoms with Gasteiger partial charge in [0, 0.05) is 11.1 Å². The molecule has 0 saturated heterocycles. The van der Waals surface area contributed by atoms with Crippen LogP contribution in [0.25, 0.3) is 12.2 Å². The summed E-state index contributed by atoms with van der Waals surface area (Å²) in [4.78, 5) is 51.0. The van der Waals surface area contributed by atoms with Crippen molar-refractivity contribution >= 4 is 35.7 Å². The summed E-state index contributed by atoms with van der Waals surface area (Å²) in [5.74, 6) is 4.67. The Morgan fingerprint density at radius 2 is 0.909 bits per heavy atom. The first-order valence-electron chi connectivity index (χ1n) is 20.2. The van der Waals surface area contributed by atoms with E-state index in [0.29, 0.717) is 34.1 Å². The highest BCUT2D eigenvalue weighted by molar-refractivity contribution is 6.10. The van der Waals surface area contributed by atoms with Gasteiger partial charge in [0.05, 0.1) is 33.7 Å². The Morgan fingerprint density at radius 1 is 0.564 bits per heavy atom. The van der Waals surface area contributed by atoms with Crippen LogP contribution in [0.4, 0.5) is 0 Å². The SMILES string of the molecule is COc1cc(/C=C/C(=O)CC(=O)/C=C/c2ccc(OC(=O)CNC34CC5CC(CC(C5)C3)C4)c(OC)c2)ccc1OC(=O)CNC12CC3CC(CC(C3)C1)C2. The number of ether oxygens (including phenoxy) is 4. The van der Waals surface area contributed by atoms with E-state index in [1.165, 1.54) is 64.9 Å². The molecule has 8 fully saturated rings. The highest BCUT2D eigenvalue weighted by Gasteiger charge is 2.52. The number of ketones is 2. The van der Waals surface area contributed by atoms with Crippen LogP contribution in [0.1, 0.15) is 94.6 Å². The molecule has 10 rings (SSSR count). The van der Waals surface area contributed by atoms with E-state index in [1.807, 2.05) is 0 Å². The van der Waals surface area contributed by atoms with Gasteiger partial charge in [0.25, 0.3) is 0 Å². The van der Waals surface area contributed by atoms with Crippen LogP contribution in [-0.2, 0) is 19.2 Å². The Hall–Kier alpha value is -4.28. The van der Waals surface area contributed by atoms with Crippen molar-refractivity contribution in [2.75, 3.05) is 27.3 Å². The summed E-state index contributed by atoms with van der Waals surface area (Å²) in [6, 6.07) is 10.2. The van der Waals surface area contributed by atoms with Gasteiger partial charge in [0.15, 0.2) is 34.6 Å². The highest BCUT2D eigenvalue weighted by Crippen LogP contribution is 2.56. The molecule has 0 aromatic heterocycles. The molecule has 10 heteroatoms. The van der Waals surface area contributed by atoms with Crippen LogP contribution in [0.2, 0.25) is 0 Å². The van der Waals surface area contributed by atoms with Gasteiger partial charge in [-0.25, -0.2) is 0 Å². The Bertz CT molecular complexity index is 1680. The fourth-order valence-corrected chi connectivity index (χ4v) is 11.9. The first kappa shape index (κ1) is 37.6. The summed E-state index contributed by atoms with van der Waals surface area (Å²) in [7, 11) is 3.00. The van der Waals surface area contributed by atoms with Crippen LogP contribution < -0.4 is 29.6 Å². The molecule has 0 unspecified atom stereocenters. The normalized spacial score (nSPS) is 31.2. The molecule has 292 valence electrons. The molecule has 8 saturated carbocycles. The third-order valence-electron chi connectivity index (χ3n) is 13.4. The molecule has 2 aromatic carbocycles. The lowest BCUT2D eigenvalue weighted by molar-refractivity contribution is -0.135. The summed E-state index contributed by atoms with van der Waals surface area (Å²) in [6.07, 6.45) is 20.6. The van der Waals surface area contributed by atoms with Gasteiger partial charge in [-0.3, -0.25) is 19.2 Å². The molecule has 2 aromatic rings. The maximum absolute atomic E-state index is 12.8. The zero-order valence-electron chi connectivity index (χ0n) is 32.1. The van der Waals surface area contributed by atoms with Crippen molar-refractivity contribution in [3.63, 3.8) is 0 Å². The average Bonchev–Trinajstić information content (AvgIpc) is 3.14. The van der Waals surface area contributed by atoms with Gasteiger partial charge < -0.3 is 29.6 Å². The van der Waals surface area contributed by atoms with Gasteiger partial charge >= 0.3 is 11.9 Å². The predicted octanol–water partition coefficient (Wildman–Crippen LogP) is 6.89. The number of methoxy groups -OCH3 is 2. The van der Waals surface area contributed by atoms with E-state index in [1.54, 1.807) is 48.6 Å².